The molecule has 1 saturated heterocycles. The van der Waals surface area contributed by atoms with Crippen molar-refractivity contribution in [3.05, 3.63) is 64.7 Å². The zero-order valence-corrected chi connectivity index (χ0v) is 15.8. The van der Waals surface area contributed by atoms with Gasteiger partial charge in [0.05, 0.1) is 12.1 Å². The van der Waals surface area contributed by atoms with Crippen molar-refractivity contribution in [2.45, 2.75) is 39.0 Å². The Morgan fingerprint density at radius 3 is 2.57 bits per heavy atom. The monoisotopic (exact) mass is 388 g/mol. The average Bonchev–Trinajstić information content (AvgIpc) is 2.98. The number of carbonyl (C=O) groups excluding carboxylic acids is 1. The third kappa shape index (κ3) is 3.65. The molecule has 3 nitrogen and oxygen atoms in total. The van der Waals surface area contributed by atoms with Crippen LogP contribution in [0.1, 0.15) is 46.8 Å². The van der Waals surface area contributed by atoms with Crippen LogP contribution in [0.25, 0.3) is 0 Å². The fourth-order valence-electron chi connectivity index (χ4n) is 4.32. The summed E-state index contributed by atoms with van der Waals surface area (Å²) in [5, 5.41) is 0. The van der Waals surface area contributed by atoms with Crippen LogP contribution in [0.3, 0.4) is 0 Å². The zero-order valence-electron chi connectivity index (χ0n) is 15.8. The Bertz CT molecular complexity index is 879. The Kier molecular flexibility index (Phi) is 4.91. The van der Waals surface area contributed by atoms with E-state index in [0.717, 1.165) is 25.9 Å². The van der Waals surface area contributed by atoms with Crippen LogP contribution in [-0.4, -0.2) is 23.9 Å². The van der Waals surface area contributed by atoms with Crippen LogP contribution in [0.2, 0.25) is 0 Å². The van der Waals surface area contributed by atoms with Crippen molar-refractivity contribution in [1.82, 2.24) is 4.90 Å². The number of hydrogen-bond acceptors (Lipinski definition) is 2. The lowest BCUT2D eigenvalue weighted by atomic mass is 9.96. The summed E-state index contributed by atoms with van der Waals surface area (Å²) in [5.41, 5.74) is 0.749. The smallest absolute Gasteiger partial charge is 0.304 e. The Morgan fingerprint density at radius 2 is 1.89 bits per heavy atom. The van der Waals surface area contributed by atoms with E-state index in [4.69, 9.17) is 0 Å². The molecule has 4 rings (SSSR count). The third-order valence-corrected chi connectivity index (χ3v) is 5.62. The first-order chi connectivity index (χ1) is 13.3. The molecule has 1 amide bonds. The number of fused-ring (bicyclic) bond motifs is 1. The Hall–Kier alpha value is -2.34. The molecule has 6 heteroatoms. The summed E-state index contributed by atoms with van der Waals surface area (Å²) in [6.07, 6.45) is -2.28. The molecule has 0 bridgehead atoms. The van der Waals surface area contributed by atoms with Gasteiger partial charge in [0, 0.05) is 24.3 Å². The second-order valence-corrected chi connectivity index (χ2v) is 7.88. The van der Waals surface area contributed by atoms with Gasteiger partial charge in [-0.3, -0.25) is 9.69 Å². The first kappa shape index (κ1) is 19.0. The molecular weight excluding hydrogens is 365 g/mol. The molecule has 28 heavy (non-hydrogen) atoms. The number of hydrogen-bond donors (Lipinski definition) is 0. The molecule has 2 aliphatic rings. The summed E-state index contributed by atoms with van der Waals surface area (Å²) in [7, 11) is 0. The highest BCUT2D eigenvalue weighted by molar-refractivity contribution is 6.10. The molecule has 0 aliphatic carbocycles. The van der Waals surface area contributed by atoms with E-state index in [9.17, 15) is 18.0 Å². The summed E-state index contributed by atoms with van der Waals surface area (Å²) in [4.78, 5) is 16.5. The van der Waals surface area contributed by atoms with E-state index in [1.165, 1.54) is 11.0 Å². The van der Waals surface area contributed by atoms with E-state index < -0.39 is 11.7 Å². The van der Waals surface area contributed by atoms with Crippen LogP contribution >= 0.6 is 0 Å². The highest BCUT2D eigenvalue weighted by atomic mass is 19.4. The molecule has 0 unspecified atom stereocenters. The van der Waals surface area contributed by atoms with E-state index in [-0.39, 0.29) is 23.6 Å². The SMILES string of the molecule is C[C@H]1CCCN(Cc2cc3c(c(C(F)(F)F)c2)CN(c2ccccc2)C3=O)C1. The van der Waals surface area contributed by atoms with Crippen molar-refractivity contribution in [3.8, 4) is 0 Å². The molecule has 2 aliphatic heterocycles. The summed E-state index contributed by atoms with van der Waals surface area (Å²) >= 11 is 0. The van der Waals surface area contributed by atoms with Crippen LogP contribution in [0.4, 0.5) is 18.9 Å². The zero-order chi connectivity index (χ0) is 19.9. The highest BCUT2D eigenvalue weighted by Crippen LogP contribution is 2.39. The number of amides is 1. The third-order valence-electron chi connectivity index (χ3n) is 5.62. The van der Waals surface area contributed by atoms with Crippen molar-refractivity contribution >= 4 is 11.6 Å². The average molecular weight is 388 g/mol. The number of rotatable bonds is 3. The first-order valence-corrected chi connectivity index (χ1v) is 9.65. The van der Waals surface area contributed by atoms with E-state index in [2.05, 4.69) is 11.8 Å². The molecule has 2 heterocycles. The molecule has 2 aromatic carbocycles. The number of halogens is 3. The predicted molar refractivity (Wildman–Crippen MR) is 102 cm³/mol. The second kappa shape index (κ2) is 7.24. The topological polar surface area (TPSA) is 23.6 Å². The van der Waals surface area contributed by atoms with Gasteiger partial charge >= 0.3 is 6.18 Å². The molecular formula is C22H23F3N2O. The maximum Gasteiger partial charge on any atom is 0.416 e. The van der Waals surface area contributed by atoms with Gasteiger partial charge < -0.3 is 4.90 Å². The van der Waals surface area contributed by atoms with Gasteiger partial charge in [-0.1, -0.05) is 25.1 Å². The molecule has 0 radical (unpaired) electrons. The Balaban J connectivity index is 1.70. The van der Waals surface area contributed by atoms with E-state index in [0.29, 0.717) is 23.7 Å². The van der Waals surface area contributed by atoms with Crippen molar-refractivity contribution in [1.29, 1.82) is 0 Å². The number of anilines is 1. The molecule has 2 aromatic rings. The number of likely N-dealkylation sites (tertiary alicyclic amines) is 1. The molecule has 1 fully saturated rings. The van der Waals surface area contributed by atoms with Crippen molar-refractivity contribution < 1.29 is 18.0 Å². The summed E-state index contributed by atoms with van der Waals surface area (Å²) in [6, 6.07) is 11.8. The minimum atomic E-state index is -4.48. The molecule has 148 valence electrons. The Morgan fingerprint density at radius 1 is 1.14 bits per heavy atom. The number of carbonyl (C=O) groups is 1. The fourth-order valence-corrected chi connectivity index (χ4v) is 4.32. The van der Waals surface area contributed by atoms with Crippen LogP contribution in [0, 0.1) is 5.92 Å². The number of piperidine rings is 1. The summed E-state index contributed by atoms with van der Waals surface area (Å²) in [5.74, 6) is 0.182. The Labute approximate surface area is 162 Å². The molecule has 1 atom stereocenters. The molecule has 0 spiro atoms. The van der Waals surface area contributed by atoms with E-state index >= 15 is 0 Å². The quantitative estimate of drug-likeness (QED) is 0.731. The van der Waals surface area contributed by atoms with Gasteiger partial charge in [-0.25, -0.2) is 0 Å². The van der Waals surface area contributed by atoms with Crippen LogP contribution < -0.4 is 4.90 Å². The highest BCUT2D eigenvalue weighted by Gasteiger charge is 2.40. The summed E-state index contributed by atoms with van der Waals surface area (Å²) in [6.45, 7) is 4.32. The first-order valence-electron chi connectivity index (χ1n) is 9.65. The minimum absolute atomic E-state index is 0.0476. The van der Waals surface area contributed by atoms with Crippen molar-refractivity contribution in [3.63, 3.8) is 0 Å². The van der Waals surface area contributed by atoms with Gasteiger partial charge in [0.15, 0.2) is 0 Å². The largest absolute Gasteiger partial charge is 0.416 e. The lowest BCUT2D eigenvalue weighted by Gasteiger charge is -2.31. The van der Waals surface area contributed by atoms with Crippen LogP contribution in [0.15, 0.2) is 42.5 Å². The summed E-state index contributed by atoms with van der Waals surface area (Å²) < 4.78 is 41.3. The van der Waals surface area contributed by atoms with Gasteiger partial charge in [-0.05, 0) is 60.7 Å². The fraction of sp³-hybridized carbons (Fsp3) is 0.409. The van der Waals surface area contributed by atoms with Gasteiger partial charge in [0.2, 0.25) is 0 Å². The van der Waals surface area contributed by atoms with E-state index in [1.54, 1.807) is 30.3 Å². The lowest BCUT2D eigenvalue weighted by Crippen LogP contribution is -2.33. The maximum absolute atomic E-state index is 13.8. The number of alkyl halides is 3. The van der Waals surface area contributed by atoms with Gasteiger partial charge in [0.1, 0.15) is 0 Å². The lowest BCUT2D eigenvalue weighted by molar-refractivity contribution is -0.138. The standard InChI is InChI=1S/C22H23F3N2O/c1-15-6-5-9-26(12-15)13-16-10-18-19(20(11-16)22(23,24)25)14-27(21(18)28)17-7-3-2-4-8-17/h2-4,7-8,10-11,15H,5-6,9,12-14H2,1H3/t15-/m0/s1. The van der Waals surface area contributed by atoms with Gasteiger partial charge in [-0.2, -0.15) is 13.2 Å². The second-order valence-electron chi connectivity index (χ2n) is 7.88. The molecule has 0 saturated carbocycles. The number of nitrogens with zero attached hydrogens (tertiary/aromatic N) is 2. The number of para-hydroxylation sites is 1. The van der Waals surface area contributed by atoms with Crippen molar-refractivity contribution in [2.24, 2.45) is 5.92 Å². The predicted octanol–water partition coefficient (Wildman–Crippen LogP) is 5.10. The van der Waals surface area contributed by atoms with Crippen LogP contribution in [-0.2, 0) is 19.3 Å². The van der Waals surface area contributed by atoms with Gasteiger partial charge in [0.25, 0.3) is 5.91 Å². The maximum atomic E-state index is 13.8. The van der Waals surface area contributed by atoms with Gasteiger partial charge in [-0.15, -0.1) is 0 Å². The van der Waals surface area contributed by atoms with E-state index in [1.807, 2.05) is 6.07 Å². The number of benzene rings is 2. The van der Waals surface area contributed by atoms with Crippen LogP contribution in [0.5, 0.6) is 0 Å². The molecule has 0 N–H and O–H groups in total. The minimum Gasteiger partial charge on any atom is -0.304 e. The van der Waals surface area contributed by atoms with Crippen molar-refractivity contribution in [2.75, 3.05) is 18.0 Å². The normalized spacial score (nSPS) is 20.5. The molecule has 0 aromatic heterocycles.